The lowest BCUT2D eigenvalue weighted by atomic mass is 9.88. The molecule has 1 aromatic heterocycles. The van der Waals surface area contributed by atoms with Crippen LogP contribution in [-0.4, -0.2) is 17.4 Å². The Labute approximate surface area is 103 Å². The first kappa shape index (κ1) is 13.7. The van der Waals surface area contributed by atoms with E-state index >= 15 is 0 Å². The highest BCUT2D eigenvalue weighted by molar-refractivity contribution is 5.96. The van der Waals surface area contributed by atoms with Gasteiger partial charge in [-0.3, -0.25) is 9.78 Å². The molecule has 0 spiro atoms. The summed E-state index contributed by atoms with van der Waals surface area (Å²) in [5, 5.41) is 0. The van der Waals surface area contributed by atoms with E-state index < -0.39 is 0 Å². The minimum absolute atomic E-state index is 0.00262. The van der Waals surface area contributed by atoms with Crippen LogP contribution in [-0.2, 0) is 0 Å². The van der Waals surface area contributed by atoms with Crippen LogP contribution < -0.4 is 4.74 Å². The first-order chi connectivity index (χ1) is 7.92. The van der Waals surface area contributed by atoms with E-state index in [0.29, 0.717) is 24.3 Å². The Hall–Kier alpha value is -1.38. The van der Waals surface area contributed by atoms with E-state index in [9.17, 15) is 4.79 Å². The molecule has 0 bridgehead atoms. The van der Waals surface area contributed by atoms with Crippen LogP contribution in [0.5, 0.6) is 5.75 Å². The van der Waals surface area contributed by atoms with Crippen molar-refractivity contribution in [2.45, 2.75) is 40.5 Å². The Bertz CT molecular complexity index is 380. The van der Waals surface area contributed by atoms with Crippen LogP contribution in [0.1, 0.15) is 50.9 Å². The van der Waals surface area contributed by atoms with Gasteiger partial charge in [-0.1, -0.05) is 27.7 Å². The van der Waals surface area contributed by atoms with Gasteiger partial charge in [-0.2, -0.15) is 0 Å². The van der Waals surface area contributed by atoms with Gasteiger partial charge >= 0.3 is 0 Å². The maximum atomic E-state index is 12.0. The predicted molar refractivity (Wildman–Crippen MR) is 68.4 cm³/mol. The zero-order chi connectivity index (χ0) is 12.9. The van der Waals surface area contributed by atoms with Crippen molar-refractivity contribution in [3.63, 3.8) is 0 Å². The van der Waals surface area contributed by atoms with Crippen molar-refractivity contribution in [1.82, 2.24) is 4.98 Å². The molecule has 0 fully saturated rings. The van der Waals surface area contributed by atoms with Gasteiger partial charge < -0.3 is 4.74 Å². The number of hydrogen-bond acceptors (Lipinski definition) is 3. The van der Waals surface area contributed by atoms with Crippen molar-refractivity contribution in [1.29, 1.82) is 0 Å². The molecular weight excluding hydrogens is 214 g/mol. The number of ketones is 1. The number of nitrogens with zero attached hydrogens (tertiary/aromatic N) is 1. The van der Waals surface area contributed by atoms with Gasteiger partial charge in [0.15, 0.2) is 5.78 Å². The van der Waals surface area contributed by atoms with Crippen molar-refractivity contribution in [2.75, 3.05) is 6.61 Å². The highest BCUT2D eigenvalue weighted by Gasteiger charge is 2.17. The van der Waals surface area contributed by atoms with Crippen LogP contribution in [0, 0.1) is 5.41 Å². The molecule has 1 aromatic rings. The molecular formula is C14H21NO2. The maximum absolute atomic E-state index is 12.0. The first-order valence-corrected chi connectivity index (χ1v) is 6.03. The Morgan fingerprint density at radius 2 is 2.06 bits per heavy atom. The molecule has 94 valence electrons. The zero-order valence-corrected chi connectivity index (χ0v) is 11.1. The summed E-state index contributed by atoms with van der Waals surface area (Å²) < 4.78 is 5.46. The van der Waals surface area contributed by atoms with Gasteiger partial charge in [0.05, 0.1) is 12.8 Å². The molecule has 0 aliphatic heterocycles. The number of Topliss-reactive ketones (excluding diaryl/α,β-unsaturated/α-hetero) is 1. The molecule has 0 aliphatic carbocycles. The third-order valence-corrected chi connectivity index (χ3v) is 2.20. The summed E-state index contributed by atoms with van der Waals surface area (Å²) in [7, 11) is 0. The number of carbonyl (C=O) groups is 1. The van der Waals surface area contributed by atoms with Gasteiger partial charge in [0.2, 0.25) is 0 Å². The molecule has 0 atom stereocenters. The van der Waals surface area contributed by atoms with Crippen LogP contribution in [0.4, 0.5) is 0 Å². The molecule has 0 aromatic carbocycles. The minimum Gasteiger partial charge on any atom is -0.492 e. The fourth-order valence-corrected chi connectivity index (χ4v) is 1.45. The number of aromatic nitrogens is 1. The summed E-state index contributed by atoms with van der Waals surface area (Å²) in [6.07, 6.45) is 4.71. The lowest BCUT2D eigenvalue weighted by molar-refractivity contribution is 0.0939. The van der Waals surface area contributed by atoms with Crippen LogP contribution in [0.15, 0.2) is 18.5 Å². The van der Waals surface area contributed by atoms with Crippen molar-refractivity contribution < 1.29 is 9.53 Å². The molecule has 0 amide bonds. The normalized spacial score (nSPS) is 11.3. The highest BCUT2D eigenvalue weighted by Crippen LogP contribution is 2.22. The second-order valence-corrected chi connectivity index (χ2v) is 5.42. The molecule has 3 nitrogen and oxygen atoms in total. The fraction of sp³-hybridized carbons (Fsp3) is 0.571. The van der Waals surface area contributed by atoms with E-state index in [1.807, 2.05) is 6.92 Å². The Morgan fingerprint density at radius 1 is 1.35 bits per heavy atom. The lowest BCUT2D eigenvalue weighted by Gasteiger charge is -2.16. The van der Waals surface area contributed by atoms with E-state index in [-0.39, 0.29) is 11.2 Å². The summed E-state index contributed by atoms with van der Waals surface area (Å²) in [6.45, 7) is 8.85. The molecule has 3 heteroatoms. The Morgan fingerprint density at radius 3 is 2.65 bits per heavy atom. The number of carbonyl (C=O) groups excluding carboxylic acids is 1. The summed E-state index contributed by atoms with van der Waals surface area (Å²) in [6, 6.07) is 1.77. The van der Waals surface area contributed by atoms with E-state index in [0.717, 1.165) is 6.42 Å². The quantitative estimate of drug-likeness (QED) is 0.733. The fourth-order valence-electron chi connectivity index (χ4n) is 1.45. The molecule has 1 heterocycles. The SMILES string of the molecule is CCCOc1cncc(C(=O)CC(C)(C)C)c1. The number of rotatable bonds is 5. The second kappa shape index (κ2) is 5.80. The maximum Gasteiger partial charge on any atom is 0.165 e. The smallest absolute Gasteiger partial charge is 0.165 e. The number of ether oxygens (including phenoxy) is 1. The zero-order valence-electron chi connectivity index (χ0n) is 11.1. The lowest BCUT2D eigenvalue weighted by Crippen LogP contribution is -2.13. The van der Waals surface area contributed by atoms with E-state index in [4.69, 9.17) is 4.74 Å². The van der Waals surface area contributed by atoms with Gasteiger partial charge in [0, 0.05) is 18.2 Å². The summed E-state index contributed by atoms with van der Waals surface area (Å²) in [4.78, 5) is 16.0. The average molecular weight is 235 g/mol. The summed E-state index contributed by atoms with van der Waals surface area (Å²) >= 11 is 0. The van der Waals surface area contributed by atoms with Crippen molar-refractivity contribution >= 4 is 5.78 Å². The molecule has 0 N–H and O–H groups in total. The Balaban J connectivity index is 2.74. The molecule has 1 rings (SSSR count). The van der Waals surface area contributed by atoms with E-state index in [1.54, 1.807) is 18.5 Å². The first-order valence-electron chi connectivity index (χ1n) is 6.03. The van der Waals surface area contributed by atoms with Crippen LogP contribution in [0.25, 0.3) is 0 Å². The van der Waals surface area contributed by atoms with Crippen LogP contribution in [0.3, 0.4) is 0 Å². The minimum atomic E-state index is -0.00262. The van der Waals surface area contributed by atoms with Gasteiger partial charge in [0.1, 0.15) is 5.75 Å². The molecule has 0 saturated carbocycles. The van der Waals surface area contributed by atoms with Crippen molar-refractivity contribution in [2.24, 2.45) is 5.41 Å². The Kier molecular flexibility index (Phi) is 4.67. The molecule has 0 saturated heterocycles. The monoisotopic (exact) mass is 235 g/mol. The van der Waals surface area contributed by atoms with E-state index in [1.165, 1.54) is 0 Å². The predicted octanol–water partition coefficient (Wildman–Crippen LogP) is 3.49. The highest BCUT2D eigenvalue weighted by atomic mass is 16.5. The summed E-state index contributed by atoms with van der Waals surface area (Å²) in [5.74, 6) is 0.790. The van der Waals surface area contributed by atoms with Gasteiger partial charge in [-0.15, -0.1) is 0 Å². The third kappa shape index (κ3) is 4.98. The van der Waals surface area contributed by atoms with Crippen molar-refractivity contribution in [3.05, 3.63) is 24.0 Å². The van der Waals surface area contributed by atoms with Crippen LogP contribution in [0.2, 0.25) is 0 Å². The van der Waals surface area contributed by atoms with Crippen LogP contribution >= 0.6 is 0 Å². The van der Waals surface area contributed by atoms with Crippen molar-refractivity contribution in [3.8, 4) is 5.75 Å². The van der Waals surface area contributed by atoms with E-state index in [2.05, 4.69) is 25.8 Å². The number of pyridine rings is 1. The number of hydrogen-bond donors (Lipinski definition) is 0. The standard InChI is InChI=1S/C14H21NO2/c1-5-6-17-12-7-11(9-15-10-12)13(16)8-14(2,3)4/h7,9-10H,5-6,8H2,1-4H3. The molecule has 0 unspecified atom stereocenters. The molecule has 17 heavy (non-hydrogen) atoms. The molecule has 0 radical (unpaired) electrons. The summed E-state index contributed by atoms with van der Waals surface area (Å²) in [5.41, 5.74) is 0.630. The second-order valence-electron chi connectivity index (χ2n) is 5.42. The largest absolute Gasteiger partial charge is 0.492 e. The molecule has 0 aliphatic rings. The third-order valence-electron chi connectivity index (χ3n) is 2.20. The van der Waals surface area contributed by atoms with Gasteiger partial charge in [-0.25, -0.2) is 0 Å². The average Bonchev–Trinajstić information content (AvgIpc) is 2.24. The van der Waals surface area contributed by atoms with Gasteiger partial charge in [0.25, 0.3) is 0 Å². The van der Waals surface area contributed by atoms with Gasteiger partial charge in [-0.05, 0) is 17.9 Å². The topological polar surface area (TPSA) is 39.2 Å².